The van der Waals surface area contributed by atoms with Gasteiger partial charge in [0.2, 0.25) is 0 Å². The number of hydrogen-bond acceptors (Lipinski definition) is 2. The van der Waals surface area contributed by atoms with Gasteiger partial charge in [0, 0.05) is 6.04 Å². The summed E-state index contributed by atoms with van der Waals surface area (Å²) in [5.41, 5.74) is 5.15. The van der Waals surface area contributed by atoms with E-state index in [1.54, 1.807) is 6.07 Å². The Kier molecular flexibility index (Phi) is 9.48. The molecular formula is C22H35NO. The van der Waals surface area contributed by atoms with Gasteiger partial charge in [-0.05, 0) is 88.8 Å². The highest BCUT2D eigenvalue weighted by molar-refractivity contribution is 5.69. The number of allylic oxidation sites excluding steroid dienone is 3. The van der Waals surface area contributed by atoms with Crippen LogP contribution in [-0.4, -0.2) is 17.7 Å². The highest BCUT2D eigenvalue weighted by Crippen LogP contribution is 2.26. The Balaban J connectivity index is 2.62. The molecule has 2 N–H and O–H groups in total. The Morgan fingerprint density at radius 2 is 1.96 bits per heavy atom. The Bertz CT molecular complexity index is 553. The first-order valence-electron chi connectivity index (χ1n) is 9.29. The van der Waals surface area contributed by atoms with E-state index in [2.05, 4.69) is 52.1 Å². The minimum atomic E-state index is 0.348. The minimum absolute atomic E-state index is 0.348. The molecule has 2 nitrogen and oxygen atoms in total. The van der Waals surface area contributed by atoms with Crippen LogP contribution in [0.2, 0.25) is 0 Å². The van der Waals surface area contributed by atoms with Gasteiger partial charge in [0.25, 0.3) is 0 Å². The van der Waals surface area contributed by atoms with Crippen LogP contribution >= 0.6 is 0 Å². The van der Waals surface area contributed by atoms with E-state index in [1.165, 1.54) is 28.7 Å². The first-order valence-corrected chi connectivity index (χ1v) is 9.29. The van der Waals surface area contributed by atoms with Gasteiger partial charge in [-0.1, -0.05) is 37.1 Å². The Hall–Kier alpha value is -1.54. The van der Waals surface area contributed by atoms with Gasteiger partial charge in [-0.3, -0.25) is 0 Å². The van der Waals surface area contributed by atoms with E-state index in [0.717, 1.165) is 32.2 Å². The molecule has 0 aliphatic carbocycles. The molecule has 0 heterocycles. The molecule has 0 fully saturated rings. The average molecular weight is 330 g/mol. The highest BCUT2D eigenvalue weighted by Gasteiger charge is 2.07. The second-order valence-corrected chi connectivity index (χ2v) is 6.98. The molecule has 0 amide bonds. The monoisotopic (exact) mass is 329 g/mol. The molecule has 0 aliphatic rings. The molecule has 0 spiro atoms. The third kappa shape index (κ3) is 7.83. The smallest absolute Gasteiger partial charge is 0.116 e. The predicted molar refractivity (Wildman–Crippen MR) is 106 cm³/mol. The van der Waals surface area contributed by atoms with E-state index in [9.17, 15) is 5.11 Å². The van der Waals surface area contributed by atoms with E-state index in [4.69, 9.17) is 0 Å². The number of hydrogen-bond donors (Lipinski definition) is 2. The van der Waals surface area contributed by atoms with Crippen LogP contribution in [0.25, 0.3) is 5.57 Å². The number of phenols is 1. The lowest BCUT2D eigenvalue weighted by Crippen LogP contribution is -2.27. The number of aryl methyl sites for hydroxylation is 1. The van der Waals surface area contributed by atoms with Gasteiger partial charge in [-0.2, -0.15) is 0 Å². The molecule has 1 aromatic rings. The van der Waals surface area contributed by atoms with Crippen molar-refractivity contribution in [2.24, 2.45) is 0 Å². The molecule has 0 bridgehead atoms. The van der Waals surface area contributed by atoms with Crippen molar-refractivity contribution in [3.05, 3.63) is 47.1 Å². The maximum absolute atomic E-state index is 9.82. The fourth-order valence-corrected chi connectivity index (χ4v) is 2.80. The van der Waals surface area contributed by atoms with Gasteiger partial charge in [0.1, 0.15) is 5.75 Å². The van der Waals surface area contributed by atoms with Crippen molar-refractivity contribution in [1.82, 2.24) is 5.32 Å². The van der Waals surface area contributed by atoms with E-state index in [0.29, 0.717) is 11.8 Å². The number of rotatable bonds is 10. The first-order chi connectivity index (χ1) is 11.4. The van der Waals surface area contributed by atoms with Crippen LogP contribution in [0.1, 0.15) is 70.9 Å². The largest absolute Gasteiger partial charge is 0.508 e. The molecule has 1 atom stereocenters. The standard InChI is InChI=1S/C22H35NO/c1-6-7-11-20(22-16-21(24)13-12-18(22)4)14-15-23-19(5)10-8-9-17(2)3/h9,11-13,16,19,23-24H,6-8,10,14-15H2,1-5H3/b20-11-. The van der Waals surface area contributed by atoms with E-state index >= 15 is 0 Å². The Morgan fingerprint density at radius 3 is 2.62 bits per heavy atom. The lowest BCUT2D eigenvalue weighted by Gasteiger charge is -2.16. The van der Waals surface area contributed by atoms with Crippen molar-refractivity contribution in [3.63, 3.8) is 0 Å². The van der Waals surface area contributed by atoms with Crippen molar-refractivity contribution in [3.8, 4) is 5.75 Å². The van der Waals surface area contributed by atoms with Crippen LogP contribution in [0.4, 0.5) is 0 Å². The molecule has 0 aromatic heterocycles. The average Bonchev–Trinajstić information content (AvgIpc) is 2.53. The summed E-state index contributed by atoms with van der Waals surface area (Å²) in [5, 5.41) is 13.5. The van der Waals surface area contributed by atoms with E-state index in [1.807, 2.05) is 12.1 Å². The van der Waals surface area contributed by atoms with Crippen LogP contribution in [0.3, 0.4) is 0 Å². The summed E-state index contributed by atoms with van der Waals surface area (Å²) >= 11 is 0. The summed E-state index contributed by atoms with van der Waals surface area (Å²) in [7, 11) is 0. The zero-order valence-corrected chi connectivity index (χ0v) is 16.2. The van der Waals surface area contributed by atoms with Crippen LogP contribution < -0.4 is 5.32 Å². The summed E-state index contributed by atoms with van der Waals surface area (Å²) in [6.07, 6.45) is 10.2. The molecule has 1 rings (SSSR count). The third-order valence-electron chi connectivity index (χ3n) is 4.29. The molecule has 0 saturated carbocycles. The molecule has 0 saturated heterocycles. The molecule has 0 radical (unpaired) electrons. The van der Waals surface area contributed by atoms with Crippen molar-refractivity contribution in [2.45, 2.75) is 72.8 Å². The number of unbranched alkanes of at least 4 members (excludes halogenated alkanes) is 1. The summed E-state index contributed by atoms with van der Waals surface area (Å²) in [6, 6.07) is 6.19. The molecule has 24 heavy (non-hydrogen) atoms. The SMILES string of the molecule is CCC/C=C(/CCNC(C)CCC=C(C)C)c1cc(O)ccc1C. The molecule has 0 aliphatic heterocycles. The van der Waals surface area contributed by atoms with Gasteiger partial charge >= 0.3 is 0 Å². The van der Waals surface area contributed by atoms with Crippen LogP contribution in [0, 0.1) is 6.92 Å². The van der Waals surface area contributed by atoms with Crippen molar-refractivity contribution in [1.29, 1.82) is 0 Å². The van der Waals surface area contributed by atoms with E-state index in [-0.39, 0.29) is 0 Å². The second kappa shape index (κ2) is 11.1. The van der Waals surface area contributed by atoms with Gasteiger partial charge in [0.15, 0.2) is 0 Å². The zero-order chi connectivity index (χ0) is 17.9. The van der Waals surface area contributed by atoms with Crippen LogP contribution in [-0.2, 0) is 0 Å². The van der Waals surface area contributed by atoms with Gasteiger partial charge in [-0.25, -0.2) is 0 Å². The topological polar surface area (TPSA) is 32.3 Å². The molecule has 1 unspecified atom stereocenters. The fraction of sp³-hybridized carbons (Fsp3) is 0.545. The highest BCUT2D eigenvalue weighted by atomic mass is 16.3. The summed E-state index contributed by atoms with van der Waals surface area (Å²) in [6.45, 7) is 11.9. The fourth-order valence-electron chi connectivity index (χ4n) is 2.80. The van der Waals surface area contributed by atoms with E-state index < -0.39 is 0 Å². The van der Waals surface area contributed by atoms with Gasteiger partial charge in [-0.15, -0.1) is 0 Å². The molecular weight excluding hydrogens is 294 g/mol. The maximum Gasteiger partial charge on any atom is 0.116 e. The van der Waals surface area contributed by atoms with Crippen molar-refractivity contribution < 1.29 is 5.11 Å². The van der Waals surface area contributed by atoms with Gasteiger partial charge in [0.05, 0.1) is 0 Å². The zero-order valence-electron chi connectivity index (χ0n) is 16.2. The molecule has 1 aromatic carbocycles. The number of phenolic OH excluding ortho intramolecular Hbond substituents is 1. The lowest BCUT2D eigenvalue weighted by molar-refractivity contribution is 0.475. The van der Waals surface area contributed by atoms with Crippen molar-refractivity contribution in [2.75, 3.05) is 6.54 Å². The number of aromatic hydroxyl groups is 1. The van der Waals surface area contributed by atoms with Crippen LogP contribution in [0.15, 0.2) is 35.9 Å². The third-order valence-corrected chi connectivity index (χ3v) is 4.29. The second-order valence-electron chi connectivity index (χ2n) is 6.98. The quantitative estimate of drug-likeness (QED) is 0.516. The summed E-state index contributed by atoms with van der Waals surface area (Å²) < 4.78 is 0. The minimum Gasteiger partial charge on any atom is -0.508 e. The number of benzene rings is 1. The maximum atomic E-state index is 9.82. The van der Waals surface area contributed by atoms with Gasteiger partial charge < -0.3 is 10.4 Å². The lowest BCUT2D eigenvalue weighted by atomic mass is 9.96. The summed E-state index contributed by atoms with van der Waals surface area (Å²) in [4.78, 5) is 0. The molecule has 134 valence electrons. The Labute approximate surface area is 148 Å². The normalized spacial score (nSPS) is 13.0. The predicted octanol–water partition coefficient (Wildman–Crippen LogP) is 6.00. The molecule has 2 heteroatoms. The summed E-state index contributed by atoms with van der Waals surface area (Å²) in [5.74, 6) is 0.348. The Morgan fingerprint density at radius 1 is 1.21 bits per heavy atom. The van der Waals surface area contributed by atoms with Crippen molar-refractivity contribution >= 4 is 5.57 Å². The van der Waals surface area contributed by atoms with Crippen LogP contribution in [0.5, 0.6) is 5.75 Å². The number of nitrogens with one attached hydrogen (secondary N) is 1. The first kappa shape index (κ1) is 20.5.